The average Bonchev–Trinajstić information content (AvgIpc) is 3.23. The molecule has 2 aromatic rings. The Balaban J connectivity index is 1.12. The van der Waals surface area contributed by atoms with Crippen LogP contribution in [0.25, 0.3) is 12.2 Å². The molecule has 308 valence electrons. The maximum atomic E-state index is 6.06. The van der Waals surface area contributed by atoms with Gasteiger partial charge in [0.05, 0.1) is 92.4 Å². The molecule has 0 saturated heterocycles. The van der Waals surface area contributed by atoms with Gasteiger partial charge in [-0.15, -0.1) is 0 Å². The summed E-state index contributed by atoms with van der Waals surface area (Å²) >= 11 is 0. The van der Waals surface area contributed by atoms with Gasteiger partial charge in [0.2, 0.25) is 0 Å². The Labute approximate surface area is 331 Å². The number of hydrogen-bond donors (Lipinski definition) is 2. The largest absolute Gasteiger partial charge is 0.487 e. The molecule has 0 spiro atoms. The van der Waals surface area contributed by atoms with Gasteiger partial charge < -0.3 is 58.0 Å². The van der Waals surface area contributed by atoms with Crippen LogP contribution in [0, 0.1) is 0 Å². The van der Waals surface area contributed by atoms with Crippen molar-refractivity contribution in [2.45, 2.75) is 12.8 Å². The van der Waals surface area contributed by atoms with Gasteiger partial charge in [0.1, 0.15) is 26.4 Å². The molecule has 56 heavy (non-hydrogen) atoms. The number of nitrogens with zero attached hydrogens (tertiary/aromatic N) is 2. The summed E-state index contributed by atoms with van der Waals surface area (Å²) in [6, 6.07) is 11.9. The fourth-order valence-electron chi connectivity index (χ4n) is 5.70. The maximum absolute atomic E-state index is 6.06. The van der Waals surface area contributed by atoms with Gasteiger partial charge in [0, 0.05) is 50.4 Å². The van der Waals surface area contributed by atoms with Gasteiger partial charge in [-0.3, -0.25) is 9.98 Å². The summed E-state index contributed by atoms with van der Waals surface area (Å²) in [5.74, 6) is 2.71. The number of aliphatic imine (C=N–C) groups is 2. The van der Waals surface area contributed by atoms with Gasteiger partial charge in [-0.1, -0.05) is 24.3 Å². The van der Waals surface area contributed by atoms with Crippen molar-refractivity contribution in [3.8, 4) is 23.0 Å². The summed E-state index contributed by atoms with van der Waals surface area (Å²) in [4.78, 5) is 9.86. The van der Waals surface area contributed by atoms with E-state index in [0.29, 0.717) is 142 Å². The molecule has 0 aliphatic carbocycles. The molecular weight excluding hydrogens is 720 g/mol. The molecule has 0 amide bonds. The van der Waals surface area contributed by atoms with E-state index in [0.717, 1.165) is 61.6 Å². The fourth-order valence-corrected chi connectivity index (χ4v) is 5.70. The standard InChI is InChI=1S/C42H60N4O10/c1(35-3-7-39-41(33-35)55-31-27-51-23-19-47-17-21-49-25-29-53-39)5-37-9-11-43-14-16-46-38(10-12-44-13-15-45-37)6-2-36-4-8-40-42(34-36)56-32-28-52-24-20-48-18-22-50-26-30-54-40/h1-8,33-34,43-44H,9-32H2/b5-1+,6-2+,45-37?,46-38?. The Morgan fingerprint density at radius 2 is 0.714 bits per heavy atom. The molecule has 0 atom stereocenters. The molecule has 3 aliphatic rings. The lowest BCUT2D eigenvalue weighted by Crippen LogP contribution is -2.24. The van der Waals surface area contributed by atoms with Gasteiger partial charge >= 0.3 is 0 Å². The number of nitrogens with one attached hydrogen (secondary N) is 2. The van der Waals surface area contributed by atoms with Crippen molar-refractivity contribution in [3.63, 3.8) is 0 Å². The quantitative estimate of drug-likeness (QED) is 0.465. The van der Waals surface area contributed by atoms with Crippen LogP contribution >= 0.6 is 0 Å². The lowest BCUT2D eigenvalue weighted by atomic mass is 10.1. The van der Waals surface area contributed by atoms with E-state index in [1.165, 1.54) is 0 Å². The molecule has 2 N–H and O–H groups in total. The molecule has 0 saturated carbocycles. The van der Waals surface area contributed by atoms with Crippen molar-refractivity contribution in [1.82, 2.24) is 10.6 Å². The van der Waals surface area contributed by atoms with Crippen LogP contribution in [0.2, 0.25) is 0 Å². The summed E-state index contributed by atoms with van der Waals surface area (Å²) in [5, 5.41) is 7.08. The van der Waals surface area contributed by atoms with E-state index >= 15 is 0 Å². The first-order valence-corrected chi connectivity index (χ1v) is 19.9. The molecule has 0 radical (unpaired) electrons. The Morgan fingerprint density at radius 1 is 0.375 bits per heavy atom. The van der Waals surface area contributed by atoms with Gasteiger partial charge in [-0.05, 0) is 47.5 Å². The number of allylic oxidation sites excluding steroid dienone is 2. The third-order valence-electron chi connectivity index (χ3n) is 8.62. The highest BCUT2D eigenvalue weighted by molar-refractivity contribution is 5.99. The van der Waals surface area contributed by atoms with E-state index in [-0.39, 0.29) is 0 Å². The summed E-state index contributed by atoms with van der Waals surface area (Å²) in [5.41, 5.74) is 4.06. The molecule has 3 heterocycles. The third kappa shape index (κ3) is 17.9. The van der Waals surface area contributed by atoms with Gasteiger partial charge in [-0.2, -0.15) is 0 Å². The third-order valence-corrected chi connectivity index (χ3v) is 8.62. The summed E-state index contributed by atoms with van der Waals surface area (Å²) < 4.78 is 57.5. The first-order valence-electron chi connectivity index (χ1n) is 19.9. The second-order valence-corrected chi connectivity index (χ2v) is 12.9. The number of benzene rings is 2. The van der Waals surface area contributed by atoms with Crippen molar-refractivity contribution >= 4 is 23.6 Å². The SMILES string of the molecule is C(=C\c1ccc2c(c1)OCCOCCOCCOCCO2)/C1=NCCNCCC(/C=C/c2ccc3c(c2)OCCOCCOCCOCCO3)=NCCNCC1. The van der Waals surface area contributed by atoms with Crippen molar-refractivity contribution in [2.24, 2.45) is 9.98 Å². The smallest absolute Gasteiger partial charge is 0.161 e. The van der Waals surface area contributed by atoms with Crippen molar-refractivity contribution < 1.29 is 47.4 Å². The van der Waals surface area contributed by atoms with E-state index in [2.05, 4.69) is 34.9 Å². The van der Waals surface area contributed by atoms with Crippen LogP contribution in [-0.2, 0) is 28.4 Å². The molecule has 14 heteroatoms. The maximum Gasteiger partial charge on any atom is 0.161 e. The van der Waals surface area contributed by atoms with E-state index in [9.17, 15) is 0 Å². The lowest BCUT2D eigenvalue weighted by Gasteiger charge is -2.14. The van der Waals surface area contributed by atoms with Crippen LogP contribution in [0.3, 0.4) is 0 Å². The van der Waals surface area contributed by atoms with Gasteiger partial charge in [0.25, 0.3) is 0 Å². The van der Waals surface area contributed by atoms with E-state index in [4.69, 9.17) is 57.4 Å². The minimum absolute atomic E-state index is 0.414. The average molecular weight is 781 g/mol. The van der Waals surface area contributed by atoms with Crippen LogP contribution < -0.4 is 29.6 Å². The highest BCUT2D eigenvalue weighted by atomic mass is 16.6. The topological polar surface area (TPSA) is 141 Å². The highest BCUT2D eigenvalue weighted by Crippen LogP contribution is 2.30. The minimum atomic E-state index is 0.414. The number of fused-ring (bicyclic) bond motifs is 2. The van der Waals surface area contributed by atoms with Crippen LogP contribution in [0.4, 0.5) is 0 Å². The Morgan fingerprint density at radius 3 is 1.09 bits per heavy atom. The van der Waals surface area contributed by atoms with Crippen LogP contribution in [0.5, 0.6) is 23.0 Å². The Hall–Kier alpha value is -3.86. The molecule has 0 fully saturated rings. The zero-order valence-electron chi connectivity index (χ0n) is 32.7. The summed E-state index contributed by atoms with van der Waals surface area (Å²) in [7, 11) is 0. The Bertz CT molecular complexity index is 1410. The molecule has 14 nitrogen and oxygen atoms in total. The number of hydrogen-bond acceptors (Lipinski definition) is 14. The summed E-state index contributed by atoms with van der Waals surface area (Å²) in [6.45, 7) is 12.3. The normalized spacial score (nSPS) is 20.6. The van der Waals surface area contributed by atoms with Crippen LogP contribution in [0.15, 0.2) is 58.5 Å². The monoisotopic (exact) mass is 780 g/mol. The zero-order valence-corrected chi connectivity index (χ0v) is 32.7. The van der Waals surface area contributed by atoms with Crippen molar-refractivity contribution in [2.75, 3.05) is 145 Å². The predicted molar refractivity (Wildman–Crippen MR) is 217 cm³/mol. The molecule has 0 unspecified atom stereocenters. The minimum Gasteiger partial charge on any atom is -0.487 e. The summed E-state index contributed by atoms with van der Waals surface area (Å²) in [6.07, 6.45) is 9.94. The second kappa shape index (κ2) is 27.7. The van der Waals surface area contributed by atoms with Gasteiger partial charge in [-0.25, -0.2) is 0 Å². The first-order chi connectivity index (χ1) is 27.8. The second-order valence-electron chi connectivity index (χ2n) is 12.9. The van der Waals surface area contributed by atoms with Crippen LogP contribution in [-0.4, -0.2) is 156 Å². The first kappa shape index (κ1) is 43.3. The van der Waals surface area contributed by atoms with Crippen LogP contribution in [0.1, 0.15) is 24.0 Å². The van der Waals surface area contributed by atoms with Crippen molar-refractivity contribution in [3.05, 3.63) is 59.7 Å². The van der Waals surface area contributed by atoms with E-state index in [1.54, 1.807) is 0 Å². The van der Waals surface area contributed by atoms with Crippen molar-refractivity contribution in [1.29, 1.82) is 0 Å². The number of rotatable bonds is 4. The van der Waals surface area contributed by atoms with E-state index in [1.807, 2.05) is 36.4 Å². The lowest BCUT2D eigenvalue weighted by molar-refractivity contribution is 0.00708. The molecule has 0 aromatic heterocycles. The molecule has 3 aliphatic heterocycles. The fraction of sp³-hybridized carbons (Fsp3) is 0.571. The molecule has 5 rings (SSSR count). The zero-order chi connectivity index (χ0) is 38.6. The Kier molecular flexibility index (Phi) is 21.4. The molecule has 0 bridgehead atoms. The van der Waals surface area contributed by atoms with Gasteiger partial charge in [0.15, 0.2) is 23.0 Å². The predicted octanol–water partition coefficient (Wildman–Crippen LogP) is 3.91. The number of ether oxygens (including phenoxy) is 10. The molecule has 2 aromatic carbocycles. The van der Waals surface area contributed by atoms with E-state index < -0.39 is 0 Å². The molecular formula is C42H60N4O10. The highest BCUT2D eigenvalue weighted by Gasteiger charge is 2.10.